The van der Waals surface area contributed by atoms with E-state index < -0.39 is 0 Å². The van der Waals surface area contributed by atoms with Gasteiger partial charge in [-0.25, -0.2) is 0 Å². The first-order chi connectivity index (χ1) is 8.36. The van der Waals surface area contributed by atoms with Gasteiger partial charge >= 0.3 is 120 Å². The molecule has 0 saturated heterocycles. The fourth-order valence-corrected chi connectivity index (χ4v) is 5.50. The van der Waals surface area contributed by atoms with E-state index in [9.17, 15) is 0 Å². The van der Waals surface area contributed by atoms with Gasteiger partial charge in [-0.3, -0.25) is 0 Å². The van der Waals surface area contributed by atoms with Gasteiger partial charge in [0.15, 0.2) is 0 Å². The summed E-state index contributed by atoms with van der Waals surface area (Å²) in [5.41, 5.74) is 0. The van der Waals surface area contributed by atoms with Gasteiger partial charge < -0.3 is 0 Å². The average molecular weight is 364 g/mol. The molecule has 0 atom stereocenters. The zero-order valence-electron chi connectivity index (χ0n) is 10.5. The molecule has 1 nitrogen and oxygen atoms in total. The van der Waals surface area contributed by atoms with Gasteiger partial charge in [0.05, 0.1) is 0 Å². The van der Waals surface area contributed by atoms with E-state index in [0.717, 1.165) is 6.61 Å². The molecule has 0 spiro atoms. The minimum atomic E-state index is -0.0172. The fourth-order valence-electron chi connectivity index (χ4n) is 1.23. The predicted molar refractivity (Wildman–Crippen MR) is 77.7 cm³/mol. The van der Waals surface area contributed by atoms with Crippen molar-refractivity contribution in [3.05, 3.63) is 39.4 Å². The van der Waals surface area contributed by atoms with Crippen LogP contribution in [0.15, 0.2) is 44.3 Å². The Labute approximate surface area is 119 Å². The summed E-state index contributed by atoms with van der Waals surface area (Å²) in [5, 5.41) is 2.30. The predicted octanol–water partition coefficient (Wildman–Crippen LogP) is 4.19. The molecule has 0 N–H and O–H groups in total. The molecule has 0 bridgehead atoms. The number of benzene rings is 1. The second kappa shape index (κ2) is 10.0. The van der Waals surface area contributed by atoms with Crippen LogP contribution >= 0.6 is 11.8 Å². The molecular formula is C14H20OSTe. The molecule has 1 aromatic rings. The van der Waals surface area contributed by atoms with E-state index in [-0.39, 0.29) is 20.9 Å². The molecule has 0 unspecified atom stereocenters. The van der Waals surface area contributed by atoms with Gasteiger partial charge in [0.25, 0.3) is 0 Å². The Balaban J connectivity index is 2.45. The van der Waals surface area contributed by atoms with E-state index in [1.54, 1.807) is 7.11 Å². The average Bonchev–Trinajstić information content (AvgIpc) is 2.37. The van der Waals surface area contributed by atoms with Crippen LogP contribution in [0.4, 0.5) is 0 Å². The molecule has 1 rings (SSSR count). The summed E-state index contributed by atoms with van der Waals surface area (Å²) in [4.78, 5) is 1.31. The van der Waals surface area contributed by atoms with Crippen molar-refractivity contribution in [2.45, 2.75) is 29.1 Å². The molecule has 0 saturated carbocycles. The van der Waals surface area contributed by atoms with Crippen molar-refractivity contribution in [2.75, 3.05) is 13.7 Å². The van der Waals surface area contributed by atoms with Crippen LogP contribution in [-0.2, 0) is 4.74 Å². The number of thioether (sulfide) groups is 1. The van der Waals surface area contributed by atoms with Crippen LogP contribution in [0, 0.1) is 0 Å². The number of rotatable bonds is 8. The van der Waals surface area contributed by atoms with Crippen molar-refractivity contribution < 1.29 is 4.74 Å². The second-order valence-electron chi connectivity index (χ2n) is 3.65. The van der Waals surface area contributed by atoms with Crippen LogP contribution in [-0.4, -0.2) is 34.6 Å². The van der Waals surface area contributed by atoms with Crippen LogP contribution in [0.25, 0.3) is 0 Å². The summed E-state index contributed by atoms with van der Waals surface area (Å²) in [7, 11) is 1.79. The molecule has 3 heteroatoms. The maximum atomic E-state index is 5.27. The van der Waals surface area contributed by atoms with E-state index in [4.69, 9.17) is 4.74 Å². The number of unbranched alkanes of at least 4 members (excludes halogenated alkanes) is 1. The van der Waals surface area contributed by atoms with Gasteiger partial charge in [-0.2, -0.15) is 0 Å². The Hall–Kier alpha value is 0.0596. The SMILES string of the molecule is CCCC[Te]/C(=C\Sc1ccccc1)COC. The number of ether oxygens (including phenoxy) is 1. The molecule has 0 aliphatic carbocycles. The van der Waals surface area contributed by atoms with Crippen LogP contribution < -0.4 is 0 Å². The van der Waals surface area contributed by atoms with Crippen molar-refractivity contribution in [3.63, 3.8) is 0 Å². The van der Waals surface area contributed by atoms with Crippen molar-refractivity contribution in [1.29, 1.82) is 0 Å². The quantitative estimate of drug-likeness (QED) is 0.389. The van der Waals surface area contributed by atoms with Gasteiger partial charge in [0, 0.05) is 0 Å². The van der Waals surface area contributed by atoms with Crippen LogP contribution in [0.1, 0.15) is 19.8 Å². The van der Waals surface area contributed by atoms with Crippen LogP contribution in [0.2, 0.25) is 4.47 Å². The zero-order valence-corrected chi connectivity index (χ0v) is 13.7. The van der Waals surface area contributed by atoms with E-state index in [1.807, 2.05) is 11.8 Å². The first-order valence-electron chi connectivity index (χ1n) is 5.89. The summed E-state index contributed by atoms with van der Waals surface area (Å²) >= 11 is 1.80. The summed E-state index contributed by atoms with van der Waals surface area (Å²) in [6.07, 6.45) is 2.66. The maximum absolute atomic E-state index is 5.27. The molecule has 0 amide bonds. The Morgan fingerprint density at radius 3 is 2.76 bits per heavy atom. The Morgan fingerprint density at radius 2 is 2.12 bits per heavy atom. The number of hydrogen-bond donors (Lipinski definition) is 0. The van der Waals surface area contributed by atoms with Gasteiger partial charge in [-0.05, 0) is 0 Å². The molecule has 0 heterocycles. The van der Waals surface area contributed by atoms with Crippen molar-refractivity contribution in [3.8, 4) is 0 Å². The Kier molecular flexibility index (Phi) is 8.92. The second-order valence-corrected chi connectivity index (χ2v) is 8.08. The third kappa shape index (κ3) is 7.16. The Morgan fingerprint density at radius 1 is 1.35 bits per heavy atom. The van der Waals surface area contributed by atoms with Crippen molar-refractivity contribution >= 4 is 32.7 Å². The molecule has 0 aromatic heterocycles. The third-order valence-electron chi connectivity index (χ3n) is 2.14. The Bertz CT molecular complexity index is 324. The standard InChI is InChI=1S/C14H20OSTe/c1-3-4-10-17-14(11-15-2)12-16-13-8-6-5-7-9-13/h5-9,12H,3-4,10-11H2,1-2H3/b14-12-. The molecule has 94 valence electrons. The first-order valence-corrected chi connectivity index (χ1v) is 9.58. The van der Waals surface area contributed by atoms with Gasteiger partial charge in [-0.1, -0.05) is 0 Å². The van der Waals surface area contributed by atoms with E-state index in [2.05, 4.69) is 42.7 Å². The summed E-state index contributed by atoms with van der Waals surface area (Å²) < 4.78 is 8.20. The summed E-state index contributed by atoms with van der Waals surface area (Å²) in [6.45, 7) is 3.07. The monoisotopic (exact) mass is 366 g/mol. The van der Waals surface area contributed by atoms with E-state index in [0.29, 0.717) is 0 Å². The molecule has 1 aromatic carbocycles. The van der Waals surface area contributed by atoms with Gasteiger partial charge in [-0.15, -0.1) is 0 Å². The number of hydrogen-bond acceptors (Lipinski definition) is 2. The molecular weight excluding hydrogens is 344 g/mol. The molecule has 0 radical (unpaired) electrons. The molecule has 0 aliphatic rings. The first kappa shape index (κ1) is 15.1. The third-order valence-corrected chi connectivity index (χ3v) is 6.69. The fraction of sp³-hybridized carbons (Fsp3) is 0.429. The van der Waals surface area contributed by atoms with E-state index in [1.165, 1.54) is 25.8 Å². The topological polar surface area (TPSA) is 9.23 Å². The number of methoxy groups -OCH3 is 1. The van der Waals surface area contributed by atoms with Crippen LogP contribution in [0.5, 0.6) is 0 Å². The van der Waals surface area contributed by atoms with Crippen LogP contribution in [0.3, 0.4) is 0 Å². The summed E-state index contributed by atoms with van der Waals surface area (Å²) in [6, 6.07) is 10.5. The van der Waals surface area contributed by atoms with Gasteiger partial charge in [0.2, 0.25) is 0 Å². The molecule has 0 fully saturated rings. The van der Waals surface area contributed by atoms with Gasteiger partial charge in [0.1, 0.15) is 0 Å². The molecule has 0 aliphatic heterocycles. The van der Waals surface area contributed by atoms with Crippen molar-refractivity contribution in [1.82, 2.24) is 0 Å². The van der Waals surface area contributed by atoms with Crippen molar-refractivity contribution in [2.24, 2.45) is 0 Å². The summed E-state index contributed by atoms with van der Waals surface area (Å²) in [5.74, 6) is 0. The van der Waals surface area contributed by atoms with E-state index >= 15 is 0 Å². The zero-order chi connectivity index (χ0) is 12.3. The molecule has 17 heavy (non-hydrogen) atoms. The normalized spacial score (nSPS) is 11.8. The minimum absolute atomic E-state index is 0.0172.